The lowest BCUT2D eigenvalue weighted by Gasteiger charge is -2.26. The number of halogens is 1. The summed E-state index contributed by atoms with van der Waals surface area (Å²) in [5.74, 6) is 0.994. The second-order valence-electron chi connectivity index (χ2n) is 7.25. The van der Waals surface area contributed by atoms with Gasteiger partial charge in [-0.2, -0.15) is 0 Å². The molecule has 5 nitrogen and oxygen atoms in total. The fraction of sp³-hybridized carbons (Fsp3) is 0.318. The lowest BCUT2D eigenvalue weighted by Crippen LogP contribution is -2.37. The monoisotopic (exact) mass is 394 g/mol. The average Bonchev–Trinajstić information content (AvgIpc) is 3.26. The minimum Gasteiger partial charge on any atom is -0.379 e. The van der Waals surface area contributed by atoms with Gasteiger partial charge < -0.3 is 9.30 Å². The Morgan fingerprint density at radius 3 is 2.57 bits per heavy atom. The van der Waals surface area contributed by atoms with Crippen LogP contribution in [0.5, 0.6) is 0 Å². The third-order valence-corrected chi connectivity index (χ3v) is 5.71. The lowest BCUT2D eigenvalue weighted by atomic mass is 10.1. The van der Waals surface area contributed by atoms with Gasteiger partial charge in [0.05, 0.1) is 29.9 Å². The van der Waals surface area contributed by atoms with Crippen LogP contribution >= 0.6 is 11.6 Å². The van der Waals surface area contributed by atoms with Crippen LogP contribution in [0.25, 0.3) is 28.1 Å². The summed E-state index contributed by atoms with van der Waals surface area (Å²) in [6, 6.07) is 16.4. The van der Waals surface area contributed by atoms with Gasteiger partial charge in [0.1, 0.15) is 0 Å². The van der Waals surface area contributed by atoms with Crippen LogP contribution in [0, 0.1) is 0 Å². The number of morpholine rings is 1. The van der Waals surface area contributed by atoms with E-state index in [0.717, 1.165) is 73.2 Å². The average molecular weight is 395 g/mol. The Hall–Kier alpha value is -2.34. The van der Waals surface area contributed by atoms with E-state index < -0.39 is 0 Å². The first kappa shape index (κ1) is 17.7. The van der Waals surface area contributed by atoms with Gasteiger partial charge >= 0.3 is 0 Å². The smallest absolute Gasteiger partial charge is 0.215 e. The summed E-state index contributed by atoms with van der Waals surface area (Å²) in [6.45, 7) is 5.74. The Morgan fingerprint density at radius 1 is 0.964 bits per heavy atom. The van der Waals surface area contributed by atoms with Crippen LogP contribution < -0.4 is 0 Å². The van der Waals surface area contributed by atoms with E-state index in [9.17, 15) is 0 Å². The van der Waals surface area contributed by atoms with Crippen LogP contribution in [-0.4, -0.2) is 51.7 Å². The summed E-state index contributed by atoms with van der Waals surface area (Å²) < 4.78 is 10.00. The lowest BCUT2D eigenvalue weighted by molar-refractivity contribution is 0.0370. The van der Waals surface area contributed by atoms with E-state index in [-0.39, 0.29) is 0 Å². The molecule has 0 unspecified atom stereocenters. The molecule has 0 atom stereocenters. The molecule has 0 bridgehead atoms. The fourth-order valence-corrected chi connectivity index (χ4v) is 4.12. The highest BCUT2D eigenvalue weighted by Crippen LogP contribution is 2.28. The SMILES string of the molecule is Clc1ccc(-c2cn3c4ccccc4nc3n2CCCN2CCOCC2)cc1. The molecule has 1 saturated heterocycles. The number of hydrogen-bond acceptors (Lipinski definition) is 3. The fourth-order valence-electron chi connectivity index (χ4n) is 4.00. The van der Waals surface area contributed by atoms with Gasteiger partial charge in [0.15, 0.2) is 0 Å². The van der Waals surface area contributed by atoms with E-state index in [4.69, 9.17) is 21.3 Å². The molecule has 0 amide bonds. The molecule has 2 aromatic heterocycles. The molecule has 0 N–H and O–H groups in total. The molecule has 6 heteroatoms. The van der Waals surface area contributed by atoms with Crippen LogP contribution in [0.1, 0.15) is 6.42 Å². The van der Waals surface area contributed by atoms with Gasteiger partial charge in [-0.15, -0.1) is 0 Å². The van der Waals surface area contributed by atoms with Crippen molar-refractivity contribution in [3.05, 3.63) is 59.8 Å². The van der Waals surface area contributed by atoms with Gasteiger partial charge in [0, 0.05) is 37.4 Å². The normalized spacial score (nSPS) is 15.6. The molecule has 1 fully saturated rings. The summed E-state index contributed by atoms with van der Waals surface area (Å²) in [6.07, 6.45) is 3.27. The number of ether oxygens (including phenoxy) is 1. The van der Waals surface area contributed by atoms with Crippen LogP contribution in [0.4, 0.5) is 0 Å². The predicted octanol–water partition coefficient (Wildman–Crippen LogP) is 4.33. The molecule has 4 aromatic rings. The van der Waals surface area contributed by atoms with Crippen molar-refractivity contribution in [2.45, 2.75) is 13.0 Å². The van der Waals surface area contributed by atoms with Gasteiger partial charge in [-0.1, -0.05) is 35.9 Å². The van der Waals surface area contributed by atoms with Crippen molar-refractivity contribution in [2.24, 2.45) is 0 Å². The molecule has 0 radical (unpaired) electrons. The first-order valence-corrected chi connectivity index (χ1v) is 10.2. The second-order valence-corrected chi connectivity index (χ2v) is 7.69. The van der Waals surface area contributed by atoms with Crippen LogP contribution in [0.2, 0.25) is 5.02 Å². The highest BCUT2D eigenvalue weighted by molar-refractivity contribution is 6.30. The van der Waals surface area contributed by atoms with E-state index in [1.165, 1.54) is 5.69 Å². The number of rotatable bonds is 5. The Morgan fingerprint density at radius 2 is 1.75 bits per heavy atom. The largest absolute Gasteiger partial charge is 0.379 e. The molecule has 5 rings (SSSR count). The van der Waals surface area contributed by atoms with Crippen molar-refractivity contribution in [2.75, 3.05) is 32.8 Å². The first-order valence-electron chi connectivity index (χ1n) is 9.82. The zero-order valence-corrected chi connectivity index (χ0v) is 16.5. The number of aromatic nitrogens is 3. The number of fused-ring (bicyclic) bond motifs is 3. The van der Waals surface area contributed by atoms with Crippen molar-refractivity contribution in [3.63, 3.8) is 0 Å². The van der Waals surface area contributed by atoms with Gasteiger partial charge in [-0.05, 0) is 36.2 Å². The maximum atomic E-state index is 6.10. The van der Waals surface area contributed by atoms with Gasteiger partial charge in [-0.25, -0.2) is 4.98 Å². The molecule has 0 spiro atoms. The summed E-state index contributed by atoms with van der Waals surface area (Å²) in [7, 11) is 0. The number of aryl methyl sites for hydroxylation is 1. The Kier molecular flexibility index (Phi) is 4.81. The van der Waals surface area contributed by atoms with E-state index in [0.29, 0.717) is 0 Å². The van der Waals surface area contributed by atoms with E-state index in [1.54, 1.807) is 0 Å². The van der Waals surface area contributed by atoms with Gasteiger partial charge in [0.2, 0.25) is 5.78 Å². The molecule has 2 aromatic carbocycles. The maximum Gasteiger partial charge on any atom is 0.215 e. The number of benzene rings is 2. The van der Waals surface area contributed by atoms with Crippen molar-refractivity contribution in [1.82, 2.24) is 18.9 Å². The topological polar surface area (TPSA) is 34.7 Å². The van der Waals surface area contributed by atoms with Crippen molar-refractivity contribution >= 4 is 28.4 Å². The second kappa shape index (κ2) is 7.59. The third kappa shape index (κ3) is 3.30. The summed E-state index contributed by atoms with van der Waals surface area (Å²) in [5.41, 5.74) is 4.50. The molecule has 0 aliphatic carbocycles. The summed E-state index contributed by atoms with van der Waals surface area (Å²) in [4.78, 5) is 7.39. The highest BCUT2D eigenvalue weighted by atomic mass is 35.5. The summed E-state index contributed by atoms with van der Waals surface area (Å²) >= 11 is 6.10. The van der Waals surface area contributed by atoms with E-state index in [2.05, 4.69) is 50.4 Å². The van der Waals surface area contributed by atoms with Crippen LogP contribution in [0.15, 0.2) is 54.7 Å². The van der Waals surface area contributed by atoms with Crippen LogP contribution in [0.3, 0.4) is 0 Å². The Balaban J connectivity index is 1.51. The zero-order chi connectivity index (χ0) is 18.9. The first-order chi connectivity index (χ1) is 13.8. The van der Waals surface area contributed by atoms with Gasteiger partial charge in [0.25, 0.3) is 0 Å². The number of nitrogens with zero attached hydrogens (tertiary/aromatic N) is 4. The number of hydrogen-bond donors (Lipinski definition) is 0. The summed E-state index contributed by atoms with van der Waals surface area (Å²) in [5, 5.41) is 0.754. The third-order valence-electron chi connectivity index (χ3n) is 5.46. The Labute approximate surface area is 169 Å². The molecule has 144 valence electrons. The van der Waals surface area contributed by atoms with Crippen LogP contribution in [-0.2, 0) is 11.3 Å². The number of para-hydroxylation sites is 2. The quantitative estimate of drug-likeness (QED) is 0.505. The minimum atomic E-state index is 0.754. The van der Waals surface area contributed by atoms with E-state index >= 15 is 0 Å². The molecular weight excluding hydrogens is 372 g/mol. The minimum absolute atomic E-state index is 0.754. The Bertz CT molecular complexity index is 1090. The molecule has 0 saturated carbocycles. The van der Waals surface area contributed by atoms with Crippen molar-refractivity contribution < 1.29 is 4.74 Å². The molecule has 1 aliphatic heterocycles. The number of imidazole rings is 2. The highest BCUT2D eigenvalue weighted by Gasteiger charge is 2.16. The molecule has 3 heterocycles. The standard InChI is InChI=1S/C22H23ClN4O/c23-18-8-6-17(7-9-18)21-16-27-20-5-2-1-4-19(20)24-22(27)26(21)11-3-10-25-12-14-28-15-13-25/h1-2,4-9,16H,3,10-15H2. The van der Waals surface area contributed by atoms with Gasteiger partial charge in [-0.3, -0.25) is 9.30 Å². The molecule has 28 heavy (non-hydrogen) atoms. The predicted molar refractivity (Wildman–Crippen MR) is 113 cm³/mol. The maximum absolute atomic E-state index is 6.10. The molecular formula is C22H23ClN4O. The van der Waals surface area contributed by atoms with Crippen molar-refractivity contribution in [3.8, 4) is 11.3 Å². The zero-order valence-electron chi connectivity index (χ0n) is 15.7. The van der Waals surface area contributed by atoms with E-state index in [1.807, 2.05) is 18.2 Å². The molecule has 1 aliphatic rings. The van der Waals surface area contributed by atoms with Crippen molar-refractivity contribution in [1.29, 1.82) is 0 Å².